The van der Waals surface area contributed by atoms with Gasteiger partial charge in [0.1, 0.15) is 5.69 Å². The van der Waals surface area contributed by atoms with Crippen LogP contribution < -0.4 is 5.32 Å². The van der Waals surface area contributed by atoms with Crippen molar-refractivity contribution in [2.75, 3.05) is 13.2 Å². The maximum atomic E-state index is 12.7. The molecule has 0 fully saturated rings. The Kier molecular flexibility index (Phi) is 9.39. The Hall–Kier alpha value is -3.74. The Morgan fingerprint density at radius 2 is 2.00 bits per heavy atom. The van der Waals surface area contributed by atoms with Crippen LogP contribution in [-0.2, 0) is 40.1 Å². The number of thiophene rings is 1. The molecule has 1 amide bonds. The molecular weight excluding hydrogens is 513 g/mol. The second-order valence-electron chi connectivity index (χ2n) is 7.91. The summed E-state index contributed by atoms with van der Waals surface area (Å²) >= 11 is 1.58. The van der Waals surface area contributed by atoms with Gasteiger partial charge in [0.15, 0.2) is 0 Å². The molecule has 9 nitrogen and oxygen atoms in total. The van der Waals surface area contributed by atoms with E-state index in [1.165, 1.54) is 0 Å². The van der Waals surface area contributed by atoms with Crippen molar-refractivity contribution in [3.05, 3.63) is 57.7 Å². The highest BCUT2D eigenvalue weighted by Crippen LogP contribution is 2.34. The predicted octanol–water partition coefficient (Wildman–Crippen LogP) is 3.66. The van der Waals surface area contributed by atoms with E-state index in [1.807, 2.05) is 29.8 Å². The monoisotopic (exact) mass is 538 g/mol. The number of aliphatic carboxylic acids is 1. The number of nitrogens with zero attached hydrogens (tertiary/aromatic N) is 3. The molecule has 0 aliphatic heterocycles. The summed E-state index contributed by atoms with van der Waals surface area (Å²) in [5.74, 6) is -3.10. The number of halogens is 3. The summed E-state index contributed by atoms with van der Waals surface area (Å²) in [6, 6.07) is 5.85. The number of pyridine rings is 1. The van der Waals surface area contributed by atoms with Gasteiger partial charge in [-0.05, 0) is 49.3 Å². The Morgan fingerprint density at radius 3 is 2.65 bits per heavy atom. The summed E-state index contributed by atoms with van der Waals surface area (Å²) in [5.41, 5.74) is 4.47. The lowest BCUT2D eigenvalue weighted by molar-refractivity contribution is -0.192. The number of aryl methyl sites for hydroxylation is 2. The number of rotatable bonds is 8. The minimum atomic E-state index is -5.08. The molecule has 0 radical (unpaired) electrons. The predicted molar refractivity (Wildman–Crippen MR) is 128 cm³/mol. The van der Waals surface area contributed by atoms with Crippen molar-refractivity contribution in [2.24, 2.45) is 0 Å². The van der Waals surface area contributed by atoms with Crippen molar-refractivity contribution in [1.29, 1.82) is 0 Å². The van der Waals surface area contributed by atoms with E-state index in [0.29, 0.717) is 38.2 Å². The lowest BCUT2D eigenvalue weighted by Gasteiger charge is -2.14. The van der Waals surface area contributed by atoms with Crippen LogP contribution in [0.15, 0.2) is 36.0 Å². The van der Waals surface area contributed by atoms with Gasteiger partial charge < -0.3 is 15.2 Å². The van der Waals surface area contributed by atoms with E-state index in [-0.39, 0.29) is 11.9 Å². The van der Waals surface area contributed by atoms with Crippen molar-refractivity contribution in [1.82, 2.24) is 20.1 Å². The highest BCUT2D eigenvalue weighted by molar-refractivity contribution is 7.10. The molecule has 3 aromatic heterocycles. The molecule has 1 aliphatic carbocycles. The molecule has 0 bridgehead atoms. The molecule has 13 heteroatoms. The van der Waals surface area contributed by atoms with Gasteiger partial charge in [-0.2, -0.15) is 18.3 Å². The molecule has 0 spiro atoms. The molecule has 0 unspecified atom stereocenters. The van der Waals surface area contributed by atoms with Gasteiger partial charge in [0.2, 0.25) is 5.91 Å². The number of carbonyl (C=O) groups is 3. The third kappa shape index (κ3) is 7.38. The number of carboxylic acid groups (broad SMARTS) is 1. The highest BCUT2D eigenvalue weighted by atomic mass is 32.1. The van der Waals surface area contributed by atoms with Crippen molar-refractivity contribution in [2.45, 2.75) is 45.3 Å². The first-order chi connectivity index (χ1) is 17.6. The van der Waals surface area contributed by atoms with Crippen LogP contribution in [0.1, 0.15) is 39.8 Å². The maximum absolute atomic E-state index is 12.7. The van der Waals surface area contributed by atoms with E-state index in [9.17, 15) is 22.8 Å². The molecule has 37 heavy (non-hydrogen) atoms. The third-order valence-corrected chi connectivity index (χ3v) is 6.22. The van der Waals surface area contributed by atoms with Crippen LogP contribution in [0.25, 0.3) is 11.3 Å². The van der Waals surface area contributed by atoms with Gasteiger partial charge >= 0.3 is 18.1 Å². The number of carboxylic acids is 1. The average Bonchev–Trinajstić information content (AvgIpc) is 3.49. The number of aromatic nitrogens is 3. The van der Waals surface area contributed by atoms with Crippen molar-refractivity contribution >= 4 is 29.2 Å². The average molecular weight is 539 g/mol. The highest BCUT2D eigenvalue weighted by Gasteiger charge is 2.38. The molecule has 0 saturated carbocycles. The largest absolute Gasteiger partial charge is 0.490 e. The second kappa shape index (κ2) is 12.5. The van der Waals surface area contributed by atoms with Crippen LogP contribution in [0, 0.1) is 0 Å². The zero-order valence-corrected chi connectivity index (χ0v) is 20.7. The smallest absolute Gasteiger partial charge is 0.475 e. The van der Waals surface area contributed by atoms with E-state index in [1.54, 1.807) is 29.1 Å². The van der Waals surface area contributed by atoms with Gasteiger partial charge in [0.25, 0.3) is 0 Å². The van der Waals surface area contributed by atoms with E-state index >= 15 is 0 Å². The number of hydrogen-bond donors (Lipinski definition) is 2. The van der Waals surface area contributed by atoms with Gasteiger partial charge in [-0.15, -0.1) is 11.3 Å². The van der Waals surface area contributed by atoms with Gasteiger partial charge in [0.05, 0.1) is 18.7 Å². The molecule has 3 aromatic rings. The summed E-state index contributed by atoms with van der Waals surface area (Å²) in [6.07, 6.45) is 1.16. The Labute approximate surface area is 214 Å². The topological polar surface area (TPSA) is 123 Å². The molecule has 0 atom stereocenters. The first kappa shape index (κ1) is 27.8. The van der Waals surface area contributed by atoms with E-state index in [0.717, 1.165) is 40.1 Å². The standard InChI is InChI=1S/C22H24N4O3S.C2HF3O2/c1-2-29-22(28)21-18-7-6-15-14-23-10-8-17(15)20(18)25-26(21)11-4-9-24-19(27)13-16-5-3-12-30-16;3-2(4,5)1(6)7/h3,5,8,10,12,14H,2,4,6-7,9,11,13H2,1H3,(H,24,27);(H,6,7). The number of carbonyl (C=O) groups excluding carboxylic acids is 2. The molecular formula is C24H25F3N4O5S. The molecule has 0 saturated heterocycles. The number of ether oxygens (including phenoxy) is 1. The summed E-state index contributed by atoms with van der Waals surface area (Å²) < 4.78 is 38.8. The van der Waals surface area contributed by atoms with Crippen molar-refractivity contribution < 1.29 is 37.4 Å². The normalized spacial score (nSPS) is 12.0. The lowest BCUT2D eigenvalue weighted by Crippen LogP contribution is -2.27. The van der Waals surface area contributed by atoms with Gasteiger partial charge in [-0.1, -0.05) is 6.07 Å². The number of hydrogen-bond acceptors (Lipinski definition) is 7. The van der Waals surface area contributed by atoms with Crippen molar-refractivity contribution in [3.63, 3.8) is 0 Å². The van der Waals surface area contributed by atoms with Crippen LogP contribution in [-0.4, -0.2) is 57.0 Å². The van der Waals surface area contributed by atoms with Crippen LogP contribution in [0.4, 0.5) is 13.2 Å². The van der Waals surface area contributed by atoms with Gasteiger partial charge in [-0.25, -0.2) is 9.59 Å². The minimum Gasteiger partial charge on any atom is -0.475 e. The third-order valence-electron chi connectivity index (χ3n) is 5.35. The number of amides is 1. The molecule has 1 aliphatic rings. The Balaban J connectivity index is 0.000000479. The summed E-state index contributed by atoms with van der Waals surface area (Å²) in [4.78, 5) is 38.9. The zero-order valence-electron chi connectivity index (χ0n) is 19.9. The minimum absolute atomic E-state index is 0.00394. The first-order valence-corrected chi connectivity index (χ1v) is 12.3. The fraction of sp³-hybridized carbons (Fsp3) is 0.375. The van der Waals surface area contributed by atoms with Crippen LogP contribution in [0.5, 0.6) is 0 Å². The summed E-state index contributed by atoms with van der Waals surface area (Å²) in [7, 11) is 0. The van der Waals surface area contributed by atoms with Crippen LogP contribution in [0.3, 0.4) is 0 Å². The second-order valence-corrected chi connectivity index (χ2v) is 8.95. The molecule has 0 aromatic carbocycles. The quantitative estimate of drug-likeness (QED) is 0.331. The molecule has 198 valence electrons. The molecule has 2 N–H and O–H groups in total. The van der Waals surface area contributed by atoms with Crippen LogP contribution in [0.2, 0.25) is 0 Å². The fourth-order valence-electron chi connectivity index (χ4n) is 3.75. The first-order valence-electron chi connectivity index (χ1n) is 11.4. The lowest BCUT2D eigenvalue weighted by atomic mass is 9.90. The number of esters is 1. The zero-order chi connectivity index (χ0) is 27.0. The van der Waals surface area contributed by atoms with E-state index < -0.39 is 12.1 Å². The van der Waals surface area contributed by atoms with E-state index in [4.69, 9.17) is 19.7 Å². The van der Waals surface area contributed by atoms with Gasteiger partial charge in [0, 0.05) is 41.5 Å². The van der Waals surface area contributed by atoms with E-state index in [2.05, 4.69) is 10.3 Å². The number of alkyl halides is 3. The maximum Gasteiger partial charge on any atom is 0.490 e. The fourth-order valence-corrected chi connectivity index (χ4v) is 4.45. The SMILES string of the molecule is CCOC(=O)c1c2c(nn1CCCNC(=O)Cc1cccs1)-c1ccncc1CC2.O=C(O)C(F)(F)F. The molecule has 3 heterocycles. The van der Waals surface area contributed by atoms with Gasteiger partial charge in [-0.3, -0.25) is 14.5 Å². The summed E-state index contributed by atoms with van der Waals surface area (Å²) in [5, 5.41) is 16.8. The number of nitrogens with one attached hydrogen (secondary N) is 1. The number of fused-ring (bicyclic) bond motifs is 3. The van der Waals surface area contributed by atoms with Crippen molar-refractivity contribution in [3.8, 4) is 11.3 Å². The Morgan fingerprint density at radius 1 is 1.24 bits per heavy atom. The van der Waals surface area contributed by atoms with Crippen LogP contribution >= 0.6 is 11.3 Å². The Bertz CT molecular complexity index is 1240. The molecule has 4 rings (SSSR count). The summed E-state index contributed by atoms with van der Waals surface area (Å²) in [6.45, 7) is 3.17.